The number of halogens is 1. The Kier molecular flexibility index (Phi) is 7.17. The summed E-state index contributed by atoms with van der Waals surface area (Å²) in [7, 11) is 0. The Balaban J connectivity index is 2.56. The van der Waals surface area contributed by atoms with Gasteiger partial charge in [-0.2, -0.15) is 5.10 Å². The predicted molar refractivity (Wildman–Crippen MR) is 82.9 cm³/mol. The molecule has 1 aromatic heterocycles. The fraction of sp³-hybridized carbons (Fsp3) is 0.667. The molecule has 0 aliphatic rings. The van der Waals surface area contributed by atoms with Gasteiger partial charge in [-0.25, -0.2) is 0 Å². The molecule has 0 radical (unpaired) electrons. The second-order valence-electron chi connectivity index (χ2n) is 4.93. The van der Waals surface area contributed by atoms with Crippen LogP contribution in [0.15, 0.2) is 11.6 Å². The number of allylic oxidation sites excluding steroid dienone is 1. The van der Waals surface area contributed by atoms with Gasteiger partial charge in [0.1, 0.15) is 0 Å². The Morgan fingerprint density at radius 1 is 1.37 bits per heavy atom. The van der Waals surface area contributed by atoms with E-state index in [1.807, 2.05) is 11.6 Å². The smallest absolute Gasteiger partial charge is 0.0850 e. The standard InChI is InChI=1S/C15H26ClN3/c1-5-9-17-10-7-8-12(3)11-14-15(16)13(4)18-19(14)6-2/h8,17H,5-7,9-11H2,1-4H3. The van der Waals surface area contributed by atoms with Crippen LogP contribution in [0.25, 0.3) is 0 Å². The maximum Gasteiger partial charge on any atom is 0.0850 e. The number of hydrogen-bond acceptors (Lipinski definition) is 2. The molecule has 0 fully saturated rings. The van der Waals surface area contributed by atoms with Crippen LogP contribution in [0.2, 0.25) is 5.02 Å². The summed E-state index contributed by atoms with van der Waals surface area (Å²) in [6.07, 6.45) is 5.44. The molecular weight excluding hydrogens is 258 g/mol. The average Bonchev–Trinajstić information content (AvgIpc) is 2.66. The van der Waals surface area contributed by atoms with Crippen molar-refractivity contribution in [1.82, 2.24) is 15.1 Å². The van der Waals surface area contributed by atoms with E-state index in [0.717, 1.165) is 48.9 Å². The van der Waals surface area contributed by atoms with Gasteiger partial charge < -0.3 is 5.32 Å². The molecule has 4 heteroatoms. The summed E-state index contributed by atoms with van der Waals surface area (Å²) in [5, 5.41) is 8.67. The van der Waals surface area contributed by atoms with Gasteiger partial charge in [0.2, 0.25) is 0 Å². The van der Waals surface area contributed by atoms with E-state index in [1.165, 1.54) is 12.0 Å². The summed E-state index contributed by atoms with van der Waals surface area (Å²) < 4.78 is 2.00. The lowest BCUT2D eigenvalue weighted by molar-refractivity contribution is 0.623. The Bertz CT molecular complexity index is 421. The molecule has 0 saturated carbocycles. The van der Waals surface area contributed by atoms with Crippen molar-refractivity contribution in [3.05, 3.63) is 28.1 Å². The Hall–Kier alpha value is -0.800. The number of rotatable bonds is 8. The van der Waals surface area contributed by atoms with Gasteiger partial charge in [-0.3, -0.25) is 4.68 Å². The molecule has 1 heterocycles. The van der Waals surface area contributed by atoms with Gasteiger partial charge in [0, 0.05) is 13.0 Å². The van der Waals surface area contributed by atoms with Gasteiger partial charge in [-0.1, -0.05) is 30.2 Å². The molecule has 0 saturated heterocycles. The fourth-order valence-corrected chi connectivity index (χ4v) is 2.30. The van der Waals surface area contributed by atoms with Crippen LogP contribution in [0, 0.1) is 6.92 Å². The first-order chi connectivity index (χ1) is 9.10. The quantitative estimate of drug-likeness (QED) is 0.582. The lowest BCUT2D eigenvalue weighted by Gasteiger charge is -2.06. The highest BCUT2D eigenvalue weighted by Gasteiger charge is 2.12. The van der Waals surface area contributed by atoms with Crippen molar-refractivity contribution >= 4 is 11.6 Å². The zero-order chi connectivity index (χ0) is 14.3. The zero-order valence-corrected chi connectivity index (χ0v) is 13.3. The zero-order valence-electron chi connectivity index (χ0n) is 12.6. The second-order valence-corrected chi connectivity index (χ2v) is 5.31. The van der Waals surface area contributed by atoms with Crippen LogP contribution < -0.4 is 5.32 Å². The summed E-state index contributed by atoms with van der Waals surface area (Å²) in [4.78, 5) is 0. The largest absolute Gasteiger partial charge is 0.316 e. The molecule has 108 valence electrons. The minimum Gasteiger partial charge on any atom is -0.316 e. The Morgan fingerprint density at radius 3 is 2.74 bits per heavy atom. The molecule has 0 spiro atoms. The highest BCUT2D eigenvalue weighted by molar-refractivity contribution is 6.31. The third-order valence-corrected chi connectivity index (χ3v) is 3.63. The SMILES string of the molecule is CCCNCCC=C(C)Cc1c(Cl)c(C)nn1CC. The molecule has 1 aromatic rings. The first-order valence-corrected chi connectivity index (χ1v) is 7.56. The molecule has 0 aliphatic carbocycles. The first kappa shape index (κ1) is 16.3. The van der Waals surface area contributed by atoms with E-state index in [1.54, 1.807) is 0 Å². The average molecular weight is 284 g/mol. The minimum absolute atomic E-state index is 0.818. The molecule has 19 heavy (non-hydrogen) atoms. The summed E-state index contributed by atoms with van der Waals surface area (Å²) in [6, 6.07) is 0. The van der Waals surface area contributed by atoms with Gasteiger partial charge >= 0.3 is 0 Å². The summed E-state index contributed by atoms with van der Waals surface area (Å²) in [5.74, 6) is 0. The van der Waals surface area contributed by atoms with E-state index >= 15 is 0 Å². The minimum atomic E-state index is 0.818. The highest BCUT2D eigenvalue weighted by Crippen LogP contribution is 2.22. The topological polar surface area (TPSA) is 29.9 Å². The van der Waals surface area contributed by atoms with E-state index in [-0.39, 0.29) is 0 Å². The molecule has 0 aromatic carbocycles. The monoisotopic (exact) mass is 283 g/mol. The summed E-state index contributed by atoms with van der Waals surface area (Å²) >= 11 is 6.32. The van der Waals surface area contributed by atoms with E-state index in [9.17, 15) is 0 Å². The predicted octanol–water partition coefficient (Wildman–Crippen LogP) is 3.74. The Morgan fingerprint density at radius 2 is 2.11 bits per heavy atom. The van der Waals surface area contributed by atoms with E-state index in [0.29, 0.717) is 0 Å². The first-order valence-electron chi connectivity index (χ1n) is 7.18. The lowest BCUT2D eigenvalue weighted by Crippen LogP contribution is -2.15. The molecule has 0 aliphatic heterocycles. The molecule has 0 bridgehead atoms. The van der Waals surface area contributed by atoms with Crippen molar-refractivity contribution in [2.45, 2.75) is 53.5 Å². The Labute approximate surface area is 122 Å². The van der Waals surface area contributed by atoms with Crippen LogP contribution >= 0.6 is 11.6 Å². The third-order valence-electron chi connectivity index (χ3n) is 3.14. The van der Waals surface area contributed by atoms with Crippen molar-refractivity contribution in [1.29, 1.82) is 0 Å². The number of aryl methyl sites for hydroxylation is 2. The van der Waals surface area contributed by atoms with Crippen molar-refractivity contribution < 1.29 is 0 Å². The van der Waals surface area contributed by atoms with E-state index in [4.69, 9.17) is 11.6 Å². The van der Waals surface area contributed by atoms with Gasteiger partial charge in [0.15, 0.2) is 0 Å². The van der Waals surface area contributed by atoms with Crippen LogP contribution in [0.4, 0.5) is 0 Å². The van der Waals surface area contributed by atoms with Gasteiger partial charge in [-0.05, 0) is 46.7 Å². The molecule has 1 N–H and O–H groups in total. The molecule has 3 nitrogen and oxygen atoms in total. The van der Waals surface area contributed by atoms with Crippen molar-refractivity contribution in [2.24, 2.45) is 0 Å². The van der Waals surface area contributed by atoms with Gasteiger partial charge in [0.05, 0.1) is 16.4 Å². The normalized spacial score (nSPS) is 12.2. The van der Waals surface area contributed by atoms with Crippen molar-refractivity contribution in [2.75, 3.05) is 13.1 Å². The van der Waals surface area contributed by atoms with Gasteiger partial charge in [-0.15, -0.1) is 0 Å². The number of aromatic nitrogens is 2. The molecule has 0 amide bonds. The van der Waals surface area contributed by atoms with Crippen molar-refractivity contribution in [3.8, 4) is 0 Å². The van der Waals surface area contributed by atoms with Crippen molar-refractivity contribution in [3.63, 3.8) is 0 Å². The summed E-state index contributed by atoms with van der Waals surface area (Å²) in [6.45, 7) is 11.4. The van der Waals surface area contributed by atoms with Crippen LogP contribution in [-0.2, 0) is 13.0 Å². The van der Waals surface area contributed by atoms with Gasteiger partial charge in [0.25, 0.3) is 0 Å². The van der Waals surface area contributed by atoms with E-state index < -0.39 is 0 Å². The third kappa shape index (κ3) is 5.00. The lowest BCUT2D eigenvalue weighted by atomic mass is 10.1. The fourth-order valence-electron chi connectivity index (χ4n) is 2.10. The maximum absolute atomic E-state index is 6.32. The number of hydrogen-bond donors (Lipinski definition) is 1. The number of nitrogens with one attached hydrogen (secondary N) is 1. The molecule has 0 atom stereocenters. The molecule has 1 rings (SSSR count). The number of nitrogens with zero attached hydrogens (tertiary/aromatic N) is 2. The highest BCUT2D eigenvalue weighted by atomic mass is 35.5. The second kappa shape index (κ2) is 8.39. The maximum atomic E-state index is 6.32. The van der Waals surface area contributed by atoms with E-state index in [2.05, 4.69) is 37.3 Å². The van der Waals surface area contributed by atoms with Crippen LogP contribution in [0.3, 0.4) is 0 Å². The van der Waals surface area contributed by atoms with Crippen LogP contribution in [0.5, 0.6) is 0 Å². The van der Waals surface area contributed by atoms with Crippen LogP contribution in [0.1, 0.15) is 45.0 Å². The molecule has 0 unspecified atom stereocenters. The summed E-state index contributed by atoms with van der Waals surface area (Å²) in [5.41, 5.74) is 3.42. The molecular formula is C15H26ClN3. The van der Waals surface area contributed by atoms with Crippen LogP contribution in [-0.4, -0.2) is 22.9 Å².